The molecule has 0 saturated heterocycles. The minimum Gasteiger partial charge on any atom is -0.460 e. The first-order valence-electron chi connectivity index (χ1n) is 8.76. The van der Waals surface area contributed by atoms with E-state index in [0.717, 1.165) is 5.56 Å². The molecule has 0 bridgehead atoms. The number of hydrogen-bond donors (Lipinski definition) is 2. The van der Waals surface area contributed by atoms with Crippen molar-refractivity contribution in [3.63, 3.8) is 0 Å². The van der Waals surface area contributed by atoms with Gasteiger partial charge >= 0.3 is 5.97 Å². The SMILES string of the molecule is CC(C)NS(=O)(=O)c1ccc(C(=O)NCC(=O)OCc2ccc(C#N)cc2)cc1. The summed E-state index contributed by atoms with van der Waals surface area (Å²) in [6, 6.07) is 13.7. The number of rotatable bonds is 8. The molecule has 2 rings (SSSR count). The lowest BCUT2D eigenvalue weighted by Crippen LogP contribution is -2.31. The summed E-state index contributed by atoms with van der Waals surface area (Å²) in [7, 11) is -3.64. The molecule has 0 radical (unpaired) electrons. The first kappa shape index (κ1) is 22.1. The summed E-state index contributed by atoms with van der Waals surface area (Å²) in [5.41, 5.74) is 1.44. The minimum atomic E-state index is -3.64. The number of nitrogens with one attached hydrogen (secondary N) is 2. The Morgan fingerprint density at radius 3 is 2.24 bits per heavy atom. The molecule has 2 aromatic carbocycles. The Morgan fingerprint density at radius 2 is 1.69 bits per heavy atom. The number of carbonyl (C=O) groups excluding carboxylic acids is 2. The molecule has 0 saturated carbocycles. The predicted octanol–water partition coefficient (Wildman–Crippen LogP) is 1.72. The van der Waals surface area contributed by atoms with Gasteiger partial charge in [-0.3, -0.25) is 9.59 Å². The van der Waals surface area contributed by atoms with Gasteiger partial charge in [0.25, 0.3) is 5.91 Å². The van der Waals surface area contributed by atoms with Crippen molar-refractivity contribution >= 4 is 21.9 Å². The van der Waals surface area contributed by atoms with Crippen LogP contribution >= 0.6 is 0 Å². The van der Waals surface area contributed by atoms with Gasteiger partial charge in [0.15, 0.2) is 0 Å². The summed E-state index contributed by atoms with van der Waals surface area (Å²) < 4.78 is 31.7. The van der Waals surface area contributed by atoms with E-state index in [4.69, 9.17) is 10.00 Å². The Bertz CT molecular complexity index is 1010. The van der Waals surface area contributed by atoms with E-state index in [1.54, 1.807) is 38.1 Å². The van der Waals surface area contributed by atoms with Crippen LogP contribution in [0.25, 0.3) is 0 Å². The monoisotopic (exact) mass is 415 g/mol. The smallest absolute Gasteiger partial charge is 0.325 e. The van der Waals surface area contributed by atoms with Crippen LogP contribution < -0.4 is 10.0 Å². The summed E-state index contributed by atoms with van der Waals surface area (Å²) in [6.07, 6.45) is 0. The third kappa shape index (κ3) is 6.71. The molecule has 2 aromatic rings. The minimum absolute atomic E-state index is 0.0236. The standard InChI is InChI=1S/C20H21N3O5S/c1-14(2)23-29(26,27)18-9-7-17(8-10-18)20(25)22-12-19(24)28-13-16-5-3-15(11-21)4-6-16/h3-10,14,23H,12-13H2,1-2H3,(H,22,25). The molecule has 0 fully saturated rings. The van der Waals surface area contributed by atoms with E-state index in [0.29, 0.717) is 5.56 Å². The average molecular weight is 415 g/mol. The number of sulfonamides is 1. The fraction of sp³-hybridized carbons (Fsp3) is 0.250. The van der Waals surface area contributed by atoms with Gasteiger partial charge in [-0.2, -0.15) is 5.26 Å². The third-order valence-corrected chi connectivity index (χ3v) is 5.37. The van der Waals surface area contributed by atoms with Gasteiger partial charge in [0, 0.05) is 11.6 Å². The fourth-order valence-electron chi connectivity index (χ4n) is 2.31. The Hall–Kier alpha value is -3.22. The van der Waals surface area contributed by atoms with E-state index in [2.05, 4.69) is 10.0 Å². The first-order chi connectivity index (χ1) is 13.7. The molecule has 152 valence electrons. The number of nitriles is 1. The summed E-state index contributed by atoms with van der Waals surface area (Å²) >= 11 is 0. The maximum absolute atomic E-state index is 12.1. The van der Waals surface area contributed by atoms with Gasteiger partial charge in [-0.1, -0.05) is 12.1 Å². The van der Waals surface area contributed by atoms with Crippen LogP contribution in [0.2, 0.25) is 0 Å². The topological polar surface area (TPSA) is 125 Å². The summed E-state index contributed by atoms with van der Waals surface area (Å²) in [6.45, 7) is 3.11. The molecule has 0 heterocycles. The molecule has 0 unspecified atom stereocenters. The molecule has 1 amide bonds. The van der Waals surface area contributed by atoms with Crippen molar-refractivity contribution in [2.24, 2.45) is 0 Å². The number of esters is 1. The van der Waals surface area contributed by atoms with Crippen molar-refractivity contribution in [1.29, 1.82) is 5.26 Å². The predicted molar refractivity (Wildman–Crippen MR) is 105 cm³/mol. The van der Waals surface area contributed by atoms with Gasteiger partial charge in [-0.25, -0.2) is 13.1 Å². The molecule has 0 aliphatic rings. The average Bonchev–Trinajstić information content (AvgIpc) is 2.70. The first-order valence-corrected chi connectivity index (χ1v) is 10.2. The highest BCUT2D eigenvalue weighted by Crippen LogP contribution is 2.11. The number of hydrogen-bond acceptors (Lipinski definition) is 6. The Morgan fingerprint density at radius 1 is 1.07 bits per heavy atom. The highest BCUT2D eigenvalue weighted by Gasteiger charge is 2.16. The Labute approximate surface area is 169 Å². The van der Waals surface area contributed by atoms with Gasteiger partial charge in [0.2, 0.25) is 10.0 Å². The molecule has 0 aromatic heterocycles. The zero-order valence-corrected chi connectivity index (χ0v) is 16.8. The lowest BCUT2D eigenvalue weighted by atomic mass is 10.2. The van der Waals surface area contributed by atoms with Crippen LogP contribution in [0.15, 0.2) is 53.4 Å². The highest BCUT2D eigenvalue weighted by atomic mass is 32.2. The molecular weight excluding hydrogens is 394 g/mol. The van der Waals surface area contributed by atoms with Crippen molar-refractivity contribution < 1.29 is 22.7 Å². The quantitative estimate of drug-likeness (QED) is 0.633. The van der Waals surface area contributed by atoms with Crippen molar-refractivity contribution in [2.45, 2.75) is 31.4 Å². The van der Waals surface area contributed by atoms with Crippen molar-refractivity contribution in [3.8, 4) is 6.07 Å². The van der Waals surface area contributed by atoms with Gasteiger partial charge in [0.05, 0.1) is 16.5 Å². The summed E-state index contributed by atoms with van der Waals surface area (Å²) in [4.78, 5) is 24.0. The largest absolute Gasteiger partial charge is 0.460 e. The van der Waals surface area contributed by atoms with E-state index >= 15 is 0 Å². The summed E-state index contributed by atoms with van der Waals surface area (Å²) in [5.74, 6) is -1.15. The van der Waals surface area contributed by atoms with Gasteiger partial charge in [-0.05, 0) is 55.8 Å². The number of benzene rings is 2. The zero-order chi connectivity index (χ0) is 21.4. The second-order valence-electron chi connectivity index (χ2n) is 6.45. The van der Waals surface area contributed by atoms with Crippen LogP contribution in [-0.4, -0.2) is 32.9 Å². The number of nitrogens with zero attached hydrogens (tertiary/aromatic N) is 1. The van der Waals surface area contributed by atoms with Gasteiger partial charge in [0.1, 0.15) is 13.2 Å². The summed E-state index contributed by atoms with van der Waals surface area (Å²) in [5, 5.41) is 11.2. The van der Waals surface area contributed by atoms with Gasteiger partial charge < -0.3 is 10.1 Å². The maximum Gasteiger partial charge on any atom is 0.325 e. The lowest BCUT2D eigenvalue weighted by molar-refractivity contribution is -0.143. The van der Waals surface area contributed by atoms with Crippen LogP contribution in [-0.2, 0) is 26.2 Å². The number of ether oxygens (including phenoxy) is 1. The van der Waals surface area contributed by atoms with Crippen molar-refractivity contribution in [2.75, 3.05) is 6.54 Å². The molecule has 2 N–H and O–H groups in total. The Kier molecular flexibility index (Phi) is 7.47. The fourth-order valence-corrected chi connectivity index (χ4v) is 3.56. The van der Waals surface area contributed by atoms with E-state index in [1.165, 1.54) is 24.3 Å². The molecule has 0 aliphatic heterocycles. The highest BCUT2D eigenvalue weighted by molar-refractivity contribution is 7.89. The molecule has 8 nitrogen and oxygen atoms in total. The van der Waals surface area contributed by atoms with Crippen molar-refractivity contribution in [1.82, 2.24) is 10.0 Å². The van der Waals surface area contributed by atoms with E-state index < -0.39 is 21.9 Å². The second-order valence-corrected chi connectivity index (χ2v) is 8.17. The van der Waals surface area contributed by atoms with Crippen LogP contribution in [0.3, 0.4) is 0 Å². The molecule has 9 heteroatoms. The molecule has 0 atom stereocenters. The Balaban J connectivity index is 1.85. The number of carbonyl (C=O) groups is 2. The normalized spacial score (nSPS) is 11.0. The molecule has 29 heavy (non-hydrogen) atoms. The molecule has 0 aliphatic carbocycles. The number of amides is 1. The van der Waals surface area contributed by atoms with Crippen molar-refractivity contribution in [3.05, 3.63) is 65.2 Å². The molecule has 0 spiro atoms. The van der Waals surface area contributed by atoms with E-state index in [1.807, 2.05) is 6.07 Å². The van der Waals surface area contributed by atoms with E-state index in [9.17, 15) is 18.0 Å². The maximum atomic E-state index is 12.1. The lowest BCUT2D eigenvalue weighted by Gasteiger charge is -2.10. The van der Waals surface area contributed by atoms with Crippen LogP contribution in [0.5, 0.6) is 0 Å². The van der Waals surface area contributed by atoms with Crippen LogP contribution in [0.1, 0.15) is 35.3 Å². The second kappa shape index (κ2) is 9.82. The zero-order valence-electron chi connectivity index (χ0n) is 16.0. The van der Waals surface area contributed by atoms with Gasteiger partial charge in [-0.15, -0.1) is 0 Å². The third-order valence-electron chi connectivity index (χ3n) is 3.69. The molecular formula is C20H21N3O5S. The van der Waals surface area contributed by atoms with Crippen LogP contribution in [0.4, 0.5) is 0 Å². The van der Waals surface area contributed by atoms with Crippen LogP contribution in [0, 0.1) is 11.3 Å². The van der Waals surface area contributed by atoms with E-state index in [-0.39, 0.29) is 29.7 Å².